The Bertz CT molecular complexity index is 252. The van der Waals surface area contributed by atoms with Crippen molar-refractivity contribution in [1.82, 2.24) is 14.5 Å². The molecule has 0 radical (unpaired) electrons. The van der Waals surface area contributed by atoms with Gasteiger partial charge in [-0.15, -0.1) is 5.10 Å². The van der Waals surface area contributed by atoms with E-state index in [1.54, 1.807) is 0 Å². The van der Waals surface area contributed by atoms with Gasteiger partial charge in [-0.2, -0.15) is 0 Å². The zero-order valence-corrected chi connectivity index (χ0v) is 8.20. The van der Waals surface area contributed by atoms with Gasteiger partial charge in [-0.05, 0) is 30.4 Å². The fourth-order valence-electron chi connectivity index (χ4n) is 1.69. The Hall–Kier alpha value is -0.520. The summed E-state index contributed by atoms with van der Waals surface area (Å²) in [4.78, 5) is 2.32. The van der Waals surface area contributed by atoms with Crippen LogP contribution >= 0.6 is 11.5 Å². The zero-order valence-electron chi connectivity index (χ0n) is 7.39. The first-order chi connectivity index (χ1) is 6.38. The van der Waals surface area contributed by atoms with Crippen molar-refractivity contribution in [1.29, 1.82) is 0 Å². The van der Waals surface area contributed by atoms with Gasteiger partial charge in [-0.3, -0.25) is 4.90 Å². The van der Waals surface area contributed by atoms with Crippen LogP contribution in [0.25, 0.3) is 0 Å². The summed E-state index contributed by atoms with van der Waals surface area (Å²) in [5.74, 6) is 0.464. The Kier molecular flexibility index (Phi) is 2.87. The Labute approximate surface area is 81.4 Å². The number of nitrogens with zero attached hydrogens (tertiary/aromatic N) is 3. The van der Waals surface area contributed by atoms with Crippen LogP contribution in [0.1, 0.15) is 12.1 Å². The van der Waals surface area contributed by atoms with E-state index in [0.717, 1.165) is 31.7 Å². The summed E-state index contributed by atoms with van der Waals surface area (Å²) in [6.45, 7) is 3.26. The predicted molar refractivity (Wildman–Crippen MR) is 50.4 cm³/mol. The summed E-state index contributed by atoms with van der Waals surface area (Å²) in [6, 6.07) is 0. The van der Waals surface area contributed by atoms with Gasteiger partial charge in [0.1, 0.15) is 0 Å². The highest BCUT2D eigenvalue weighted by atomic mass is 32.1. The van der Waals surface area contributed by atoms with Crippen molar-refractivity contribution in [2.24, 2.45) is 5.92 Å². The van der Waals surface area contributed by atoms with Gasteiger partial charge in [0.25, 0.3) is 0 Å². The predicted octanol–water partition coefficient (Wildman–Crippen LogP) is 0.352. The van der Waals surface area contributed by atoms with Crippen LogP contribution in [0.15, 0.2) is 5.38 Å². The molecule has 2 heterocycles. The van der Waals surface area contributed by atoms with Gasteiger partial charge in [0.2, 0.25) is 0 Å². The third-order valence-electron chi connectivity index (χ3n) is 2.42. The lowest BCUT2D eigenvalue weighted by molar-refractivity contribution is 0.219. The molecule has 1 N–H and O–H groups in total. The molecule has 72 valence electrons. The van der Waals surface area contributed by atoms with Crippen LogP contribution < -0.4 is 0 Å². The molecule has 13 heavy (non-hydrogen) atoms. The van der Waals surface area contributed by atoms with Crippen molar-refractivity contribution in [2.75, 3.05) is 19.7 Å². The molecular weight excluding hydrogens is 186 g/mol. The third-order valence-corrected chi connectivity index (χ3v) is 2.97. The lowest BCUT2D eigenvalue weighted by atomic mass is 10.1. The normalized spacial score (nSPS) is 23.9. The summed E-state index contributed by atoms with van der Waals surface area (Å²) in [5, 5.41) is 14.9. The Balaban J connectivity index is 1.84. The molecule has 2 rings (SSSR count). The summed E-state index contributed by atoms with van der Waals surface area (Å²) in [5.41, 5.74) is 1.04. The first-order valence-electron chi connectivity index (χ1n) is 4.47. The fraction of sp³-hybridized carbons (Fsp3) is 0.750. The molecule has 0 spiro atoms. The number of aliphatic hydroxyl groups is 1. The quantitative estimate of drug-likeness (QED) is 0.763. The molecule has 0 aliphatic carbocycles. The minimum Gasteiger partial charge on any atom is -0.396 e. The maximum Gasteiger partial charge on any atom is 0.0895 e. The number of aromatic nitrogens is 2. The average Bonchev–Trinajstić information content (AvgIpc) is 2.76. The van der Waals surface area contributed by atoms with E-state index in [2.05, 4.69) is 14.5 Å². The average molecular weight is 199 g/mol. The Morgan fingerprint density at radius 3 is 3.23 bits per heavy atom. The van der Waals surface area contributed by atoms with Crippen LogP contribution in [0.5, 0.6) is 0 Å². The van der Waals surface area contributed by atoms with E-state index in [9.17, 15) is 0 Å². The molecule has 5 heteroatoms. The molecule has 0 amide bonds. The van der Waals surface area contributed by atoms with Crippen molar-refractivity contribution >= 4 is 11.5 Å². The third kappa shape index (κ3) is 2.24. The van der Waals surface area contributed by atoms with Crippen molar-refractivity contribution < 1.29 is 5.11 Å². The Morgan fingerprint density at radius 2 is 2.62 bits per heavy atom. The van der Waals surface area contributed by atoms with Gasteiger partial charge in [0.05, 0.1) is 5.69 Å². The van der Waals surface area contributed by atoms with Gasteiger partial charge >= 0.3 is 0 Å². The van der Waals surface area contributed by atoms with E-state index in [0.29, 0.717) is 12.5 Å². The van der Waals surface area contributed by atoms with E-state index in [-0.39, 0.29) is 0 Å². The lowest BCUT2D eigenvalue weighted by Crippen LogP contribution is -2.21. The number of hydrogen-bond donors (Lipinski definition) is 1. The molecule has 1 aromatic rings. The minimum absolute atomic E-state index is 0.311. The van der Waals surface area contributed by atoms with Crippen molar-refractivity contribution in [3.8, 4) is 0 Å². The van der Waals surface area contributed by atoms with E-state index in [1.807, 2.05) is 5.38 Å². The first kappa shape index (κ1) is 9.05. The minimum atomic E-state index is 0.311. The molecule has 0 aromatic carbocycles. The molecule has 1 atom stereocenters. The van der Waals surface area contributed by atoms with Crippen LogP contribution in [0.2, 0.25) is 0 Å². The van der Waals surface area contributed by atoms with Crippen molar-refractivity contribution in [2.45, 2.75) is 13.0 Å². The zero-order chi connectivity index (χ0) is 9.10. The molecule has 1 aromatic heterocycles. The summed E-state index contributed by atoms with van der Waals surface area (Å²) in [7, 11) is 0. The summed E-state index contributed by atoms with van der Waals surface area (Å²) in [6.07, 6.45) is 1.11. The van der Waals surface area contributed by atoms with Crippen LogP contribution in [-0.2, 0) is 6.54 Å². The van der Waals surface area contributed by atoms with Crippen LogP contribution in [-0.4, -0.2) is 39.3 Å². The highest BCUT2D eigenvalue weighted by Crippen LogP contribution is 2.17. The second-order valence-electron chi connectivity index (χ2n) is 3.47. The van der Waals surface area contributed by atoms with E-state index in [1.165, 1.54) is 11.5 Å². The summed E-state index contributed by atoms with van der Waals surface area (Å²) < 4.78 is 3.82. The maximum atomic E-state index is 8.96. The van der Waals surface area contributed by atoms with Gasteiger partial charge in [-0.1, -0.05) is 4.49 Å². The second-order valence-corrected chi connectivity index (χ2v) is 4.08. The van der Waals surface area contributed by atoms with E-state index in [4.69, 9.17) is 5.11 Å². The van der Waals surface area contributed by atoms with E-state index >= 15 is 0 Å². The number of rotatable bonds is 3. The molecule has 0 bridgehead atoms. The van der Waals surface area contributed by atoms with Crippen LogP contribution in [0.3, 0.4) is 0 Å². The molecule has 1 aliphatic rings. The van der Waals surface area contributed by atoms with Crippen LogP contribution in [0, 0.1) is 5.92 Å². The maximum absolute atomic E-state index is 8.96. The van der Waals surface area contributed by atoms with Gasteiger partial charge < -0.3 is 5.11 Å². The van der Waals surface area contributed by atoms with Crippen LogP contribution in [0.4, 0.5) is 0 Å². The van der Waals surface area contributed by atoms with Gasteiger partial charge in [-0.25, -0.2) is 0 Å². The lowest BCUT2D eigenvalue weighted by Gasteiger charge is -2.12. The van der Waals surface area contributed by atoms with Gasteiger partial charge in [0.15, 0.2) is 0 Å². The molecule has 0 unspecified atom stereocenters. The van der Waals surface area contributed by atoms with E-state index < -0.39 is 0 Å². The fourth-order valence-corrected chi connectivity index (χ4v) is 2.13. The highest BCUT2D eigenvalue weighted by Gasteiger charge is 2.21. The number of aliphatic hydroxyl groups excluding tert-OH is 1. The SMILES string of the molecule is OC[C@@H]1CCN(Cc2csnn2)C1. The summed E-state index contributed by atoms with van der Waals surface area (Å²) >= 11 is 1.39. The topological polar surface area (TPSA) is 49.2 Å². The molecule has 1 saturated heterocycles. The number of hydrogen-bond acceptors (Lipinski definition) is 5. The van der Waals surface area contributed by atoms with Crippen molar-refractivity contribution in [3.05, 3.63) is 11.1 Å². The molecular formula is C8H13N3OS. The smallest absolute Gasteiger partial charge is 0.0895 e. The molecule has 1 aliphatic heterocycles. The molecule has 1 fully saturated rings. The van der Waals surface area contributed by atoms with Crippen molar-refractivity contribution in [3.63, 3.8) is 0 Å². The molecule has 0 saturated carbocycles. The standard InChI is InChI=1S/C8H13N3OS/c12-5-7-1-2-11(3-7)4-8-6-13-10-9-8/h6-7,12H,1-5H2/t7-/m1/s1. The second kappa shape index (κ2) is 4.13. The highest BCUT2D eigenvalue weighted by molar-refractivity contribution is 7.03. The first-order valence-corrected chi connectivity index (χ1v) is 5.31. The Morgan fingerprint density at radius 1 is 1.69 bits per heavy atom. The largest absolute Gasteiger partial charge is 0.396 e. The monoisotopic (exact) mass is 199 g/mol. The van der Waals surface area contributed by atoms with Gasteiger partial charge in [0, 0.05) is 25.1 Å². The molecule has 4 nitrogen and oxygen atoms in total. The number of likely N-dealkylation sites (tertiary alicyclic amines) is 1.